The van der Waals surface area contributed by atoms with Crippen LogP contribution in [0.2, 0.25) is 0 Å². The number of aromatic nitrogens is 1. The van der Waals surface area contributed by atoms with E-state index in [1.807, 2.05) is 6.07 Å². The predicted molar refractivity (Wildman–Crippen MR) is 139 cm³/mol. The molecule has 0 atom stereocenters. The van der Waals surface area contributed by atoms with Gasteiger partial charge in [-0.2, -0.15) is 0 Å². The summed E-state index contributed by atoms with van der Waals surface area (Å²) in [5.74, 6) is 1.32. The lowest BCUT2D eigenvalue weighted by Gasteiger charge is -2.27. The number of phenols is 2. The van der Waals surface area contributed by atoms with Gasteiger partial charge in [-0.3, -0.25) is 4.90 Å². The van der Waals surface area contributed by atoms with Crippen molar-refractivity contribution in [1.82, 2.24) is 14.8 Å². The second-order valence-corrected chi connectivity index (χ2v) is 9.22. The zero-order valence-corrected chi connectivity index (χ0v) is 19.6. The number of aromatic hydroxyl groups is 2. The van der Waals surface area contributed by atoms with Crippen molar-refractivity contribution < 1.29 is 14.9 Å². The molecule has 0 saturated carbocycles. The number of allylic oxidation sites excluding steroid dienone is 1. The van der Waals surface area contributed by atoms with Crippen LogP contribution in [0.5, 0.6) is 17.2 Å². The summed E-state index contributed by atoms with van der Waals surface area (Å²) in [5.41, 5.74) is 5.34. The first kappa shape index (κ1) is 21.8. The Balaban J connectivity index is 1.46. The summed E-state index contributed by atoms with van der Waals surface area (Å²) in [4.78, 5) is 2.52. The van der Waals surface area contributed by atoms with Gasteiger partial charge in [0.25, 0.3) is 0 Å². The number of nitrogens with one attached hydrogen (secondary N) is 1. The van der Waals surface area contributed by atoms with Gasteiger partial charge in [0.05, 0.1) is 5.69 Å². The number of nitrogens with zero attached hydrogens (tertiary/aromatic N) is 2. The van der Waals surface area contributed by atoms with E-state index in [2.05, 4.69) is 69.4 Å². The van der Waals surface area contributed by atoms with E-state index in [0.29, 0.717) is 17.7 Å². The van der Waals surface area contributed by atoms with Crippen LogP contribution in [0.1, 0.15) is 11.1 Å². The molecule has 3 heterocycles. The van der Waals surface area contributed by atoms with Crippen molar-refractivity contribution in [2.24, 2.45) is 0 Å². The molecule has 0 bridgehead atoms. The molecule has 6 heteroatoms. The minimum atomic E-state index is -0.00279. The molecule has 1 saturated heterocycles. The van der Waals surface area contributed by atoms with Gasteiger partial charge in [0.15, 0.2) is 0 Å². The van der Waals surface area contributed by atoms with Crippen LogP contribution in [-0.4, -0.2) is 52.4 Å². The van der Waals surface area contributed by atoms with Crippen LogP contribution in [0.15, 0.2) is 72.5 Å². The third-order valence-corrected chi connectivity index (χ3v) is 6.97. The molecule has 4 aromatic rings. The second kappa shape index (κ2) is 9.13. The van der Waals surface area contributed by atoms with E-state index in [-0.39, 0.29) is 11.5 Å². The fraction of sp³-hybridized carbons (Fsp3) is 0.241. The maximum absolute atomic E-state index is 10.3. The van der Waals surface area contributed by atoms with Crippen molar-refractivity contribution in [3.63, 3.8) is 0 Å². The largest absolute Gasteiger partial charge is 0.508 e. The molecular weight excluding hydrogens is 438 g/mol. The molecule has 3 N–H and O–H groups in total. The Labute approximate surface area is 204 Å². The number of fused-ring (bicyclic) bond motifs is 2. The molecule has 0 aliphatic carbocycles. The summed E-state index contributed by atoms with van der Waals surface area (Å²) in [5, 5.41) is 24.8. The first-order chi connectivity index (χ1) is 17.2. The highest BCUT2D eigenvalue weighted by Gasteiger charge is 2.24. The van der Waals surface area contributed by atoms with E-state index >= 15 is 0 Å². The zero-order chi connectivity index (χ0) is 23.8. The van der Waals surface area contributed by atoms with Gasteiger partial charge in [-0.1, -0.05) is 48.5 Å². The summed E-state index contributed by atoms with van der Waals surface area (Å²) in [7, 11) is 0. The second-order valence-electron chi connectivity index (χ2n) is 9.22. The normalized spacial score (nSPS) is 17.1. The summed E-state index contributed by atoms with van der Waals surface area (Å²) >= 11 is 0. The van der Waals surface area contributed by atoms with Crippen LogP contribution >= 0.6 is 0 Å². The number of hydrogen-bond acceptors (Lipinski definition) is 5. The van der Waals surface area contributed by atoms with Gasteiger partial charge in [-0.05, 0) is 17.7 Å². The van der Waals surface area contributed by atoms with Crippen LogP contribution in [0.25, 0.3) is 28.2 Å². The van der Waals surface area contributed by atoms with Crippen molar-refractivity contribution in [3.8, 4) is 28.5 Å². The average Bonchev–Trinajstić information content (AvgIpc) is 3.43. The zero-order valence-electron chi connectivity index (χ0n) is 19.6. The summed E-state index contributed by atoms with van der Waals surface area (Å²) in [6.45, 7) is 6.10. The maximum atomic E-state index is 10.3. The van der Waals surface area contributed by atoms with Crippen molar-refractivity contribution in [2.75, 3.05) is 32.7 Å². The Morgan fingerprint density at radius 1 is 0.914 bits per heavy atom. The van der Waals surface area contributed by atoms with Crippen molar-refractivity contribution in [2.45, 2.75) is 13.0 Å². The Bertz CT molecular complexity index is 1400. The van der Waals surface area contributed by atoms with E-state index < -0.39 is 0 Å². The standard InChI is InChI=1S/C29H29N3O3/c33-21-16-27(34)25-19-22(35-28(25)17-21)18-24-23-8-4-5-9-26(23)32(15-14-31-12-10-30-11-13-31)29(24)20-6-2-1-3-7-20/h1-9,16-18,30,33-34H,10-15,19H2. The molecule has 0 unspecified atom stereocenters. The van der Waals surface area contributed by atoms with Crippen LogP contribution < -0.4 is 10.1 Å². The lowest BCUT2D eigenvalue weighted by Crippen LogP contribution is -2.44. The van der Waals surface area contributed by atoms with Gasteiger partial charge in [-0.15, -0.1) is 0 Å². The van der Waals surface area contributed by atoms with Crippen molar-refractivity contribution in [1.29, 1.82) is 0 Å². The highest BCUT2D eigenvalue weighted by molar-refractivity contribution is 5.98. The first-order valence-corrected chi connectivity index (χ1v) is 12.2. The molecule has 6 rings (SSSR count). The molecule has 0 radical (unpaired) electrons. The van der Waals surface area contributed by atoms with E-state index in [1.165, 1.54) is 22.7 Å². The SMILES string of the molecule is Oc1cc(O)c2c(c1)OC(=Cc1c(-c3ccccc3)n(CCN3CCNCC3)c3ccccc13)C2. The molecule has 3 aromatic carbocycles. The summed E-state index contributed by atoms with van der Waals surface area (Å²) in [6.07, 6.45) is 2.58. The van der Waals surface area contributed by atoms with Crippen molar-refractivity contribution >= 4 is 17.0 Å². The summed E-state index contributed by atoms with van der Waals surface area (Å²) < 4.78 is 8.53. The molecular formula is C29H29N3O3. The van der Waals surface area contributed by atoms with E-state index in [1.54, 1.807) is 6.07 Å². The van der Waals surface area contributed by atoms with Crippen LogP contribution in [-0.2, 0) is 13.0 Å². The van der Waals surface area contributed by atoms with Gasteiger partial charge in [0.2, 0.25) is 0 Å². The monoisotopic (exact) mass is 467 g/mol. The number of rotatable bonds is 5. The number of phenolic OH excluding ortho intramolecular Hbond substituents is 2. The van der Waals surface area contributed by atoms with Gasteiger partial charge >= 0.3 is 0 Å². The molecule has 1 aromatic heterocycles. The Morgan fingerprint density at radius 2 is 1.69 bits per heavy atom. The molecule has 0 amide bonds. The van der Waals surface area contributed by atoms with E-state index in [4.69, 9.17) is 4.74 Å². The van der Waals surface area contributed by atoms with Gasteiger partial charge < -0.3 is 24.8 Å². The Kier molecular flexibility index (Phi) is 5.68. The minimum absolute atomic E-state index is 0.00279. The quantitative estimate of drug-likeness (QED) is 0.400. The lowest BCUT2D eigenvalue weighted by molar-refractivity contribution is 0.234. The molecule has 2 aliphatic rings. The van der Waals surface area contributed by atoms with E-state index in [9.17, 15) is 10.2 Å². The third kappa shape index (κ3) is 4.16. The topological polar surface area (TPSA) is 69.9 Å². The highest BCUT2D eigenvalue weighted by atomic mass is 16.5. The average molecular weight is 468 g/mol. The molecule has 6 nitrogen and oxygen atoms in total. The van der Waals surface area contributed by atoms with Crippen LogP contribution in [0.3, 0.4) is 0 Å². The molecule has 2 aliphatic heterocycles. The van der Waals surface area contributed by atoms with Crippen molar-refractivity contribution in [3.05, 3.63) is 83.6 Å². The highest BCUT2D eigenvalue weighted by Crippen LogP contribution is 2.42. The van der Waals surface area contributed by atoms with Crippen LogP contribution in [0.4, 0.5) is 0 Å². The maximum Gasteiger partial charge on any atom is 0.137 e. The molecule has 178 valence electrons. The number of para-hydroxylation sites is 1. The van der Waals surface area contributed by atoms with Crippen LogP contribution in [0, 0.1) is 0 Å². The number of piperazine rings is 1. The molecule has 1 fully saturated rings. The predicted octanol–water partition coefficient (Wildman–Crippen LogP) is 4.60. The fourth-order valence-electron chi connectivity index (χ4n) is 5.27. The lowest BCUT2D eigenvalue weighted by atomic mass is 10.0. The third-order valence-electron chi connectivity index (χ3n) is 6.97. The summed E-state index contributed by atoms with van der Waals surface area (Å²) in [6, 6.07) is 22.0. The molecule has 35 heavy (non-hydrogen) atoms. The van der Waals surface area contributed by atoms with E-state index in [0.717, 1.165) is 56.2 Å². The Hall–Kier alpha value is -3.74. The fourth-order valence-corrected chi connectivity index (χ4v) is 5.27. The minimum Gasteiger partial charge on any atom is -0.508 e. The van der Waals surface area contributed by atoms with Gasteiger partial charge in [0.1, 0.15) is 23.0 Å². The Morgan fingerprint density at radius 3 is 2.51 bits per heavy atom. The van der Waals surface area contributed by atoms with Gasteiger partial charge in [0, 0.05) is 79.9 Å². The first-order valence-electron chi connectivity index (χ1n) is 12.2. The smallest absolute Gasteiger partial charge is 0.137 e. The van der Waals surface area contributed by atoms with Gasteiger partial charge in [-0.25, -0.2) is 0 Å². The number of ether oxygens (including phenoxy) is 1. The number of hydrogen-bond donors (Lipinski definition) is 3. The number of benzene rings is 3. The molecule has 0 spiro atoms.